The third-order valence-electron chi connectivity index (χ3n) is 4.33. The molecule has 21 heavy (non-hydrogen) atoms. The summed E-state index contributed by atoms with van der Waals surface area (Å²) in [6, 6.07) is 14.2. The van der Waals surface area contributed by atoms with Gasteiger partial charge in [-0.05, 0) is 41.2 Å². The van der Waals surface area contributed by atoms with E-state index in [1.807, 2.05) is 30.3 Å². The summed E-state index contributed by atoms with van der Waals surface area (Å²) in [5, 5.41) is 13.9. The van der Waals surface area contributed by atoms with Crippen LogP contribution in [0.15, 0.2) is 42.5 Å². The molecule has 0 saturated carbocycles. The molecule has 1 atom stereocenters. The molecule has 1 unspecified atom stereocenters. The molecular formula is C18H20ClNO. The summed E-state index contributed by atoms with van der Waals surface area (Å²) in [6.45, 7) is 4.57. The van der Waals surface area contributed by atoms with Gasteiger partial charge < -0.3 is 10.4 Å². The van der Waals surface area contributed by atoms with Crippen molar-refractivity contribution >= 4 is 17.3 Å². The van der Waals surface area contributed by atoms with Crippen molar-refractivity contribution in [2.75, 3.05) is 5.32 Å². The number of rotatable bonds is 3. The number of hydrogen-bond acceptors (Lipinski definition) is 2. The molecule has 0 aromatic heterocycles. The van der Waals surface area contributed by atoms with E-state index in [1.54, 1.807) is 0 Å². The number of halogens is 1. The van der Waals surface area contributed by atoms with E-state index in [9.17, 15) is 5.11 Å². The number of fused-ring (bicyclic) bond motifs is 1. The summed E-state index contributed by atoms with van der Waals surface area (Å²) < 4.78 is 0. The van der Waals surface area contributed by atoms with Crippen molar-refractivity contribution in [3.8, 4) is 0 Å². The average Bonchev–Trinajstić information content (AvgIpc) is 2.70. The molecule has 0 heterocycles. The van der Waals surface area contributed by atoms with Gasteiger partial charge in [0.05, 0.1) is 12.6 Å². The minimum absolute atomic E-state index is 0.0404. The molecule has 0 aliphatic heterocycles. The summed E-state index contributed by atoms with van der Waals surface area (Å²) in [5.74, 6) is 0. The Labute approximate surface area is 130 Å². The van der Waals surface area contributed by atoms with Crippen LogP contribution >= 0.6 is 11.6 Å². The SMILES string of the molecule is CC1(C)Cc2ccc(Cl)cc2C1Nc1ccccc1CO. The van der Waals surface area contributed by atoms with Gasteiger partial charge in [-0.2, -0.15) is 0 Å². The Kier molecular flexibility index (Phi) is 3.68. The second-order valence-corrected chi connectivity index (χ2v) is 6.84. The number of aliphatic hydroxyl groups is 1. The minimum atomic E-state index is 0.0404. The number of aliphatic hydroxyl groups excluding tert-OH is 1. The van der Waals surface area contributed by atoms with Gasteiger partial charge in [-0.1, -0.05) is 49.7 Å². The Bertz CT molecular complexity index is 666. The summed E-state index contributed by atoms with van der Waals surface area (Å²) in [5.41, 5.74) is 4.63. The first-order valence-corrected chi connectivity index (χ1v) is 7.63. The van der Waals surface area contributed by atoms with Crippen LogP contribution in [0.1, 0.15) is 36.6 Å². The van der Waals surface area contributed by atoms with E-state index >= 15 is 0 Å². The zero-order valence-electron chi connectivity index (χ0n) is 12.4. The summed E-state index contributed by atoms with van der Waals surface area (Å²) >= 11 is 6.18. The highest BCUT2D eigenvalue weighted by molar-refractivity contribution is 6.30. The topological polar surface area (TPSA) is 32.3 Å². The first-order chi connectivity index (χ1) is 10.0. The van der Waals surface area contributed by atoms with Crippen LogP contribution in [0.4, 0.5) is 5.69 Å². The highest BCUT2D eigenvalue weighted by atomic mass is 35.5. The van der Waals surface area contributed by atoms with Crippen molar-refractivity contribution in [1.82, 2.24) is 0 Å². The molecule has 0 saturated heterocycles. The normalized spacial score (nSPS) is 19.3. The third-order valence-corrected chi connectivity index (χ3v) is 4.57. The van der Waals surface area contributed by atoms with Gasteiger partial charge in [0.2, 0.25) is 0 Å². The van der Waals surface area contributed by atoms with Crippen LogP contribution in [0.25, 0.3) is 0 Å². The van der Waals surface area contributed by atoms with Crippen molar-refractivity contribution < 1.29 is 5.11 Å². The monoisotopic (exact) mass is 301 g/mol. The highest BCUT2D eigenvalue weighted by Gasteiger charge is 2.39. The molecular weight excluding hydrogens is 282 g/mol. The van der Waals surface area contributed by atoms with Gasteiger partial charge in [0.1, 0.15) is 0 Å². The lowest BCUT2D eigenvalue weighted by Gasteiger charge is -2.30. The predicted octanol–water partition coefficient (Wildman–Crippen LogP) is 4.57. The first-order valence-electron chi connectivity index (χ1n) is 7.25. The summed E-state index contributed by atoms with van der Waals surface area (Å²) in [7, 11) is 0. The van der Waals surface area contributed by atoms with E-state index in [1.165, 1.54) is 11.1 Å². The van der Waals surface area contributed by atoms with E-state index < -0.39 is 0 Å². The Morgan fingerprint density at radius 3 is 2.76 bits per heavy atom. The number of benzene rings is 2. The van der Waals surface area contributed by atoms with Gasteiger partial charge in [0, 0.05) is 16.3 Å². The van der Waals surface area contributed by atoms with Crippen LogP contribution in [0.2, 0.25) is 5.02 Å². The Morgan fingerprint density at radius 2 is 2.00 bits per heavy atom. The fourth-order valence-electron chi connectivity index (χ4n) is 3.24. The lowest BCUT2D eigenvalue weighted by molar-refractivity contribution is 0.281. The van der Waals surface area contributed by atoms with Crippen molar-refractivity contribution in [3.05, 3.63) is 64.2 Å². The molecule has 1 aliphatic carbocycles. The highest BCUT2D eigenvalue weighted by Crippen LogP contribution is 2.47. The van der Waals surface area contributed by atoms with E-state index in [0.29, 0.717) is 0 Å². The standard InChI is InChI=1S/C18H20ClNO/c1-18(2)10-12-7-8-14(19)9-15(12)17(18)20-16-6-4-3-5-13(16)11-21/h3-9,17,20-21H,10-11H2,1-2H3. The molecule has 3 rings (SSSR count). The van der Waals surface area contributed by atoms with E-state index in [2.05, 4.69) is 31.3 Å². The zero-order valence-corrected chi connectivity index (χ0v) is 13.1. The Balaban J connectivity index is 2.00. The second kappa shape index (κ2) is 5.36. The van der Waals surface area contributed by atoms with Gasteiger partial charge in [0.15, 0.2) is 0 Å². The molecule has 2 N–H and O–H groups in total. The number of anilines is 1. The van der Waals surface area contributed by atoms with E-state index in [0.717, 1.165) is 22.7 Å². The molecule has 2 aromatic rings. The summed E-state index contributed by atoms with van der Waals surface area (Å²) in [6.07, 6.45) is 1.03. The first kappa shape index (κ1) is 14.4. The van der Waals surface area contributed by atoms with Gasteiger partial charge in [-0.15, -0.1) is 0 Å². The van der Waals surface area contributed by atoms with Gasteiger partial charge in [-0.25, -0.2) is 0 Å². The van der Waals surface area contributed by atoms with Gasteiger partial charge >= 0.3 is 0 Å². The molecule has 0 spiro atoms. The maximum Gasteiger partial charge on any atom is 0.0701 e. The Hall–Kier alpha value is -1.51. The molecule has 2 nitrogen and oxygen atoms in total. The Morgan fingerprint density at radius 1 is 1.24 bits per heavy atom. The third kappa shape index (κ3) is 2.66. The van der Waals surface area contributed by atoms with Gasteiger partial charge in [0.25, 0.3) is 0 Å². The quantitative estimate of drug-likeness (QED) is 0.870. The smallest absolute Gasteiger partial charge is 0.0701 e. The van der Waals surface area contributed by atoms with E-state index in [4.69, 9.17) is 11.6 Å². The predicted molar refractivity (Wildman–Crippen MR) is 87.7 cm³/mol. The van der Waals surface area contributed by atoms with Crippen LogP contribution < -0.4 is 5.32 Å². The van der Waals surface area contributed by atoms with Crippen LogP contribution in [0, 0.1) is 5.41 Å². The molecule has 3 heteroatoms. The summed E-state index contributed by atoms with van der Waals surface area (Å²) in [4.78, 5) is 0. The molecule has 1 aliphatic rings. The van der Waals surface area contributed by atoms with Crippen molar-refractivity contribution in [1.29, 1.82) is 0 Å². The van der Waals surface area contributed by atoms with Crippen LogP contribution in [0.5, 0.6) is 0 Å². The van der Waals surface area contributed by atoms with Crippen molar-refractivity contribution in [2.45, 2.75) is 32.9 Å². The minimum Gasteiger partial charge on any atom is -0.392 e. The molecule has 0 radical (unpaired) electrons. The lowest BCUT2D eigenvalue weighted by Crippen LogP contribution is -2.25. The molecule has 110 valence electrons. The molecule has 0 bridgehead atoms. The van der Waals surface area contributed by atoms with Crippen LogP contribution in [-0.4, -0.2) is 5.11 Å². The van der Waals surface area contributed by atoms with Gasteiger partial charge in [-0.3, -0.25) is 0 Å². The van der Waals surface area contributed by atoms with E-state index in [-0.39, 0.29) is 18.1 Å². The second-order valence-electron chi connectivity index (χ2n) is 6.40. The molecule has 0 fully saturated rings. The maximum absolute atomic E-state index is 9.50. The van der Waals surface area contributed by atoms with Crippen molar-refractivity contribution in [3.63, 3.8) is 0 Å². The fraction of sp³-hybridized carbons (Fsp3) is 0.333. The largest absolute Gasteiger partial charge is 0.392 e. The molecule has 0 amide bonds. The lowest BCUT2D eigenvalue weighted by atomic mass is 9.85. The number of nitrogens with one attached hydrogen (secondary N) is 1. The fourth-order valence-corrected chi connectivity index (χ4v) is 3.42. The van der Waals surface area contributed by atoms with Crippen LogP contribution in [0.3, 0.4) is 0 Å². The number of hydrogen-bond donors (Lipinski definition) is 2. The average molecular weight is 302 g/mol. The molecule has 2 aromatic carbocycles. The zero-order chi connectivity index (χ0) is 15.0. The number of para-hydroxylation sites is 1. The van der Waals surface area contributed by atoms with Crippen molar-refractivity contribution in [2.24, 2.45) is 5.41 Å². The maximum atomic E-state index is 9.50. The van der Waals surface area contributed by atoms with Crippen LogP contribution in [-0.2, 0) is 13.0 Å².